The van der Waals surface area contributed by atoms with Gasteiger partial charge in [-0.25, -0.2) is 8.42 Å². The first kappa shape index (κ1) is 17.3. The van der Waals surface area contributed by atoms with Crippen molar-refractivity contribution in [3.8, 4) is 5.75 Å². The second kappa shape index (κ2) is 6.40. The molecule has 0 aromatic heterocycles. The summed E-state index contributed by atoms with van der Waals surface area (Å²) in [6.45, 7) is 3.72. The number of aryl methyl sites for hydroxylation is 1. The van der Waals surface area contributed by atoms with E-state index in [0.29, 0.717) is 17.3 Å². The topological polar surface area (TPSA) is 76.0 Å². The van der Waals surface area contributed by atoms with Gasteiger partial charge in [0.1, 0.15) is 5.75 Å². The minimum atomic E-state index is -3.08. The molecule has 1 aromatic rings. The number of hydrogen-bond acceptors (Lipinski definition) is 5. The number of ether oxygens (including phenoxy) is 1. The van der Waals surface area contributed by atoms with Crippen LogP contribution in [0, 0.1) is 6.92 Å². The first-order chi connectivity index (χ1) is 11.3. The maximum absolute atomic E-state index is 12.0. The van der Waals surface area contributed by atoms with Crippen LogP contribution in [0.15, 0.2) is 23.2 Å². The summed E-state index contributed by atoms with van der Waals surface area (Å²) in [4.78, 5) is 17.9. The number of nitrogens with zero attached hydrogens (tertiary/aromatic N) is 2. The molecular weight excluding hydrogens is 348 g/mol. The molecule has 8 heteroatoms. The Balaban J connectivity index is 2.10. The highest BCUT2D eigenvalue weighted by Gasteiger charge is 2.50. The summed E-state index contributed by atoms with van der Waals surface area (Å²) in [5.74, 6) is 0.618. The Morgan fingerprint density at radius 3 is 2.83 bits per heavy atom. The molecule has 2 heterocycles. The van der Waals surface area contributed by atoms with Crippen LogP contribution in [0.1, 0.15) is 18.9 Å². The predicted molar refractivity (Wildman–Crippen MR) is 96.8 cm³/mol. The van der Waals surface area contributed by atoms with Gasteiger partial charge in [0.15, 0.2) is 15.0 Å². The number of amides is 1. The molecular formula is C16H20N2O4S2. The standard InChI is InChI=1S/C16H20N2O4S2/c1-4-15(19)17-16-18(11-7-10(2)5-6-13(11)22-3)12-8-24(20,21)9-14(12)23-16/h5-7,12,14H,4,8-9H2,1-3H3/t12-,14+/m1/s1. The monoisotopic (exact) mass is 368 g/mol. The number of fused-ring (bicyclic) bond motifs is 1. The highest BCUT2D eigenvalue weighted by molar-refractivity contribution is 8.16. The average molecular weight is 368 g/mol. The van der Waals surface area contributed by atoms with Gasteiger partial charge in [0.25, 0.3) is 0 Å². The quantitative estimate of drug-likeness (QED) is 0.812. The molecule has 3 rings (SSSR count). The number of anilines is 1. The fourth-order valence-corrected chi connectivity index (χ4v) is 6.94. The third-order valence-electron chi connectivity index (χ3n) is 4.18. The Kier molecular flexibility index (Phi) is 4.61. The average Bonchev–Trinajstić information content (AvgIpc) is 2.97. The molecule has 6 nitrogen and oxygen atoms in total. The Morgan fingerprint density at radius 2 is 2.17 bits per heavy atom. The molecule has 0 N–H and O–H groups in total. The van der Waals surface area contributed by atoms with E-state index < -0.39 is 9.84 Å². The van der Waals surface area contributed by atoms with E-state index in [-0.39, 0.29) is 28.7 Å². The Bertz CT molecular complexity index is 804. The van der Waals surface area contributed by atoms with Gasteiger partial charge in [0.2, 0.25) is 5.91 Å². The normalized spacial score (nSPS) is 26.6. The van der Waals surface area contributed by atoms with Gasteiger partial charge in [0.05, 0.1) is 30.3 Å². The molecule has 0 spiro atoms. The zero-order valence-corrected chi connectivity index (χ0v) is 15.5. The van der Waals surface area contributed by atoms with E-state index in [1.807, 2.05) is 30.0 Å². The number of benzene rings is 1. The van der Waals surface area contributed by atoms with E-state index in [0.717, 1.165) is 11.3 Å². The Labute approximate surface area is 146 Å². The number of amidine groups is 1. The Morgan fingerprint density at radius 1 is 1.42 bits per heavy atom. The maximum Gasteiger partial charge on any atom is 0.247 e. The lowest BCUT2D eigenvalue weighted by Crippen LogP contribution is -2.38. The zero-order valence-electron chi connectivity index (χ0n) is 13.9. The van der Waals surface area contributed by atoms with Crippen molar-refractivity contribution in [2.45, 2.75) is 31.6 Å². The van der Waals surface area contributed by atoms with Crippen LogP contribution in [-0.4, -0.2) is 49.4 Å². The van der Waals surface area contributed by atoms with Crippen LogP contribution in [0.25, 0.3) is 0 Å². The summed E-state index contributed by atoms with van der Waals surface area (Å²) in [5, 5.41) is 0.458. The van der Waals surface area contributed by atoms with Gasteiger partial charge in [-0.05, 0) is 24.6 Å². The molecule has 2 aliphatic rings. The van der Waals surface area contributed by atoms with E-state index in [9.17, 15) is 13.2 Å². The Hall–Kier alpha value is -1.54. The molecule has 0 aliphatic carbocycles. The van der Waals surface area contributed by atoms with Crippen LogP contribution in [-0.2, 0) is 14.6 Å². The van der Waals surface area contributed by atoms with Crippen molar-refractivity contribution >= 4 is 38.4 Å². The molecule has 2 fully saturated rings. The zero-order chi connectivity index (χ0) is 17.5. The number of hydrogen-bond donors (Lipinski definition) is 0. The minimum Gasteiger partial charge on any atom is -0.495 e. The predicted octanol–water partition coefficient (Wildman–Crippen LogP) is 2.02. The summed E-state index contributed by atoms with van der Waals surface area (Å²) in [6.07, 6.45) is 0.316. The van der Waals surface area contributed by atoms with Gasteiger partial charge < -0.3 is 9.64 Å². The van der Waals surface area contributed by atoms with Crippen molar-refractivity contribution < 1.29 is 17.9 Å². The van der Waals surface area contributed by atoms with Crippen LogP contribution in [0.4, 0.5) is 5.69 Å². The molecule has 0 bridgehead atoms. The van der Waals surface area contributed by atoms with E-state index >= 15 is 0 Å². The van der Waals surface area contributed by atoms with Crippen molar-refractivity contribution in [1.29, 1.82) is 0 Å². The summed E-state index contributed by atoms with van der Waals surface area (Å²) in [5.41, 5.74) is 1.79. The highest BCUT2D eigenvalue weighted by Crippen LogP contribution is 2.44. The fourth-order valence-electron chi connectivity index (χ4n) is 3.02. The molecule has 1 amide bonds. The van der Waals surface area contributed by atoms with Gasteiger partial charge in [-0.2, -0.15) is 4.99 Å². The molecule has 0 radical (unpaired) electrons. The number of thioether (sulfide) groups is 1. The van der Waals surface area contributed by atoms with Gasteiger partial charge in [-0.15, -0.1) is 0 Å². The van der Waals surface area contributed by atoms with E-state index in [2.05, 4.69) is 4.99 Å². The molecule has 24 heavy (non-hydrogen) atoms. The van der Waals surface area contributed by atoms with Crippen LogP contribution in [0.3, 0.4) is 0 Å². The second-order valence-electron chi connectivity index (χ2n) is 5.99. The fraction of sp³-hybridized carbons (Fsp3) is 0.500. The smallest absolute Gasteiger partial charge is 0.247 e. The number of sulfone groups is 1. The van der Waals surface area contributed by atoms with Crippen molar-refractivity contribution in [1.82, 2.24) is 0 Å². The molecule has 2 aliphatic heterocycles. The summed E-state index contributed by atoms with van der Waals surface area (Å²) < 4.78 is 29.6. The summed E-state index contributed by atoms with van der Waals surface area (Å²) >= 11 is 1.38. The van der Waals surface area contributed by atoms with E-state index in [1.54, 1.807) is 14.0 Å². The maximum atomic E-state index is 12.0. The number of methoxy groups -OCH3 is 1. The first-order valence-corrected chi connectivity index (χ1v) is 10.5. The molecule has 130 valence electrons. The molecule has 1 aromatic carbocycles. The highest BCUT2D eigenvalue weighted by atomic mass is 32.2. The number of rotatable bonds is 3. The molecule has 2 atom stereocenters. The molecule has 2 saturated heterocycles. The number of carbonyl (C=O) groups excluding carboxylic acids is 1. The van der Waals surface area contributed by atoms with E-state index in [1.165, 1.54) is 11.8 Å². The van der Waals surface area contributed by atoms with E-state index in [4.69, 9.17) is 4.74 Å². The lowest BCUT2D eigenvalue weighted by atomic mass is 10.1. The van der Waals surface area contributed by atoms with Crippen LogP contribution < -0.4 is 9.64 Å². The van der Waals surface area contributed by atoms with Gasteiger partial charge in [-0.1, -0.05) is 24.8 Å². The largest absolute Gasteiger partial charge is 0.495 e. The first-order valence-electron chi connectivity index (χ1n) is 7.77. The van der Waals surface area contributed by atoms with Crippen molar-refractivity contribution in [2.75, 3.05) is 23.5 Å². The van der Waals surface area contributed by atoms with Crippen molar-refractivity contribution in [2.24, 2.45) is 4.99 Å². The van der Waals surface area contributed by atoms with Gasteiger partial charge >= 0.3 is 0 Å². The summed E-state index contributed by atoms with van der Waals surface area (Å²) in [6, 6.07) is 5.51. The van der Waals surface area contributed by atoms with Gasteiger partial charge in [0, 0.05) is 11.7 Å². The van der Waals surface area contributed by atoms with Crippen LogP contribution in [0.5, 0.6) is 5.75 Å². The van der Waals surface area contributed by atoms with Crippen LogP contribution in [0.2, 0.25) is 0 Å². The van der Waals surface area contributed by atoms with Crippen LogP contribution >= 0.6 is 11.8 Å². The third kappa shape index (κ3) is 3.17. The summed E-state index contributed by atoms with van der Waals surface area (Å²) in [7, 11) is -1.50. The van der Waals surface area contributed by atoms with Crippen molar-refractivity contribution in [3.63, 3.8) is 0 Å². The lowest BCUT2D eigenvalue weighted by Gasteiger charge is -2.26. The van der Waals surface area contributed by atoms with Gasteiger partial charge in [-0.3, -0.25) is 4.79 Å². The SMILES string of the molecule is CCC(=O)N=C1S[C@H]2CS(=O)(=O)C[C@H]2N1c1cc(C)ccc1OC. The second-order valence-corrected chi connectivity index (χ2v) is 9.35. The van der Waals surface area contributed by atoms with Crippen molar-refractivity contribution in [3.05, 3.63) is 23.8 Å². The minimum absolute atomic E-state index is 0.0705. The lowest BCUT2D eigenvalue weighted by molar-refractivity contribution is -0.117. The molecule has 0 unspecified atom stereocenters. The third-order valence-corrected chi connectivity index (χ3v) is 7.39. The number of carbonyl (C=O) groups is 1. The number of aliphatic imine (C=N–C) groups is 1. The molecule has 0 saturated carbocycles.